The van der Waals surface area contributed by atoms with Crippen LogP contribution in [0, 0.1) is 5.92 Å². The SMILES string of the molecule is CN=C(NCc1cccc(COC(C)(C)C)c1)NCC1CC1. The molecule has 22 heavy (non-hydrogen) atoms. The first-order valence-electron chi connectivity index (χ1n) is 8.12. The maximum atomic E-state index is 5.83. The summed E-state index contributed by atoms with van der Waals surface area (Å²) in [6.07, 6.45) is 2.69. The number of hydrogen-bond acceptors (Lipinski definition) is 2. The molecule has 122 valence electrons. The molecule has 0 saturated heterocycles. The summed E-state index contributed by atoms with van der Waals surface area (Å²) in [4.78, 5) is 4.26. The highest BCUT2D eigenvalue weighted by Gasteiger charge is 2.21. The van der Waals surface area contributed by atoms with Crippen molar-refractivity contribution in [3.63, 3.8) is 0 Å². The van der Waals surface area contributed by atoms with E-state index in [1.165, 1.54) is 24.0 Å². The van der Waals surface area contributed by atoms with Gasteiger partial charge in [-0.05, 0) is 50.7 Å². The minimum atomic E-state index is -0.108. The van der Waals surface area contributed by atoms with E-state index < -0.39 is 0 Å². The van der Waals surface area contributed by atoms with Gasteiger partial charge in [-0.3, -0.25) is 4.99 Å². The van der Waals surface area contributed by atoms with Crippen LogP contribution in [0.3, 0.4) is 0 Å². The lowest BCUT2D eigenvalue weighted by Gasteiger charge is -2.19. The minimum Gasteiger partial charge on any atom is -0.371 e. The van der Waals surface area contributed by atoms with E-state index in [1.807, 2.05) is 7.05 Å². The topological polar surface area (TPSA) is 45.7 Å². The molecule has 1 aliphatic rings. The zero-order valence-corrected chi connectivity index (χ0v) is 14.3. The zero-order chi connectivity index (χ0) is 16.0. The highest BCUT2D eigenvalue weighted by molar-refractivity contribution is 5.79. The van der Waals surface area contributed by atoms with E-state index in [4.69, 9.17) is 4.74 Å². The molecule has 0 radical (unpaired) electrons. The van der Waals surface area contributed by atoms with E-state index in [0.29, 0.717) is 6.61 Å². The van der Waals surface area contributed by atoms with Crippen LogP contribution >= 0.6 is 0 Å². The molecular formula is C18H29N3O. The molecule has 1 aromatic carbocycles. The fourth-order valence-corrected chi connectivity index (χ4v) is 2.10. The van der Waals surface area contributed by atoms with Crippen LogP contribution in [0.5, 0.6) is 0 Å². The summed E-state index contributed by atoms with van der Waals surface area (Å²) in [5.74, 6) is 1.72. The van der Waals surface area contributed by atoms with Gasteiger partial charge in [-0.25, -0.2) is 0 Å². The third kappa shape index (κ3) is 6.48. The molecule has 0 bridgehead atoms. The fourth-order valence-electron chi connectivity index (χ4n) is 2.10. The van der Waals surface area contributed by atoms with Crippen LogP contribution in [0.15, 0.2) is 29.3 Å². The Hall–Kier alpha value is -1.55. The van der Waals surface area contributed by atoms with Gasteiger partial charge in [0.15, 0.2) is 5.96 Å². The number of nitrogens with zero attached hydrogens (tertiary/aromatic N) is 1. The van der Waals surface area contributed by atoms with Crippen LogP contribution in [0.2, 0.25) is 0 Å². The predicted molar refractivity (Wildman–Crippen MR) is 91.9 cm³/mol. The van der Waals surface area contributed by atoms with Crippen LogP contribution in [-0.2, 0) is 17.9 Å². The lowest BCUT2D eigenvalue weighted by molar-refractivity contribution is -0.0149. The normalized spacial score (nSPS) is 15.7. The van der Waals surface area contributed by atoms with E-state index in [1.54, 1.807) is 0 Å². The minimum absolute atomic E-state index is 0.108. The summed E-state index contributed by atoms with van der Waals surface area (Å²) < 4.78 is 5.83. The highest BCUT2D eigenvalue weighted by Crippen LogP contribution is 2.27. The number of nitrogens with one attached hydrogen (secondary N) is 2. The van der Waals surface area contributed by atoms with Gasteiger partial charge in [0, 0.05) is 20.1 Å². The Morgan fingerprint density at radius 3 is 2.59 bits per heavy atom. The van der Waals surface area contributed by atoms with Gasteiger partial charge in [-0.15, -0.1) is 0 Å². The predicted octanol–water partition coefficient (Wildman–Crippen LogP) is 3.08. The standard InChI is InChI=1S/C18H29N3O/c1-18(2,3)22-13-16-7-5-6-15(10-16)12-21-17(19-4)20-11-14-8-9-14/h5-7,10,14H,8-9,11-13H2,1-4H3,(H2,19,20,21). The van der Waals surface area contributed by atoms with Crippen LogP contribution in [0.25, 0.3) is 0 Å². The molecule has 1 fully saturated rings. The first-order chi connectivity index (χ1) is 10.5. The maximum Gasteiger partial charge on any atom is 0.191 e. The summed E-state index contributed by atoms with van der Waals surface area (Å²) in [5, 5.41) is 6.74. The van der Waals surface area contributed by atoms with Gasteiger partial charge in [0.25, 0.3) is 0 Å². The largest absolute Gasteiger partial charge is 0.371 e. The lowest BCUT2D eigenvalue weighted by atomic mass is 10.1. The Morgan fingerprint density at radius 2 is 1.95 bits per heavy atom. The molecule has 1 aromatic rings. The number of hydrogen-bond donors (Lipinski definition) is 2. The number of benzene rings is 1. The van der Waals surface area contributed by atoms with E-state index >= 15 is 0 Å². The van der Waals surface area contributed by atoms with Crippen molar-refractivity contribution in [3.8, 4) is 0 Å². The van der Waals surface area contributed by atoms with Gasteiger partial charge in [-0.1, -0.05) is 24.3 Å². The third-order valence-corrected chi connectivity index (χ3v) is 3.60. The van der Waals surface area contributed by atoms with E-state index in [9.17, 15) is 0 Å². The monoisotopic (exact) mass is 303 g/mol. The second-order valence-corrected chi connectivity index (χ2v) is 6.97. The van der Waals surface area contributed by atoms with Crippen molar-refractivity contribution in [2.45, 2.75) is 52.4 Å². The molecule has 2 rings (SSSR count). The molecule has 0 unspecified atom stereocenters. The van der Waals surface area contributed by atoms with Gasteiger partial charge in [0.05, 0.1) is 12.2 Å². The first kappa shape index (κ1) is 16.8. The zero-order valence-electron chi connectivity index (χ0n) is 14.3. The number of ether oxygens (including phenoxy) is 1. The Morgan fingerprint density at radius 1 is 1.23 bits per heavy atom. The van der Waals surface area contributed by atoms with Gasteiger partial charge >= 0.3 is 0 Å². The van der Waals surface area contributed by atoms with Gasteiger partial charge in [0.1, 0.15) is 0 Å². The van der Waals surface area contributed by atoms with Gasteiger partial charge in [-0.2, -0.15) is 0 Å². The van der Waals surface area contributed by atoms with Gasteiger partial charge in [0.2, 0.25) is 0 Å². The number of guanidine groups is 1. The molecule has 0 aliphatic heterocycles. The van der Waals surface area contributed by atoms with Crippen molar-refractivity contribution in [1.29, 1.82) is 0 Å². The third-order valence-electron chi connectivity index (χ3n) is 3.60. The van der Waals surface area contributed by atoms with Crippen molar-refractivity contribution in [3.05, 3.63) is 35.4 Å². The van der Waals surface area contributed by atoms with Crippen molar-refractivity contribution in [2.75, 3.05) is 13.6 Å². The van der Waals surface area contributed by atoms with Crippen molar-refractivity contribution >= 4 is 5.96 Å². The number of aliphatic imine (C=N–C) groups is 1. The van der Waals surface area contributed by atoms with E-state index in [0.717, 1.165) is 25.0 Å². The average Bonchev–Trinajstić information content (AvgIpc) is 3.29. The van der Waals surface area contributed by atoms with Gasteiger partial charge < -0.3 is 15.4 Å². The molecule has 0 atom stereocenters. The van der Waals surface area contributed by atoms with Crippen LogP contribution in [0.4, 0.5) is 0 Å². The molecular weight excluding hydrogens is 274 g/mol. The van der Waals surface area contributed by atoms with Crippen molar-refractivity contribution < 1.29 is 4.74 Å². The molecule has 0 aromatic heterocycles. The summed E-state index contributed by atoms with van der Waals surface area (Å²) in [6.45, 7) is 8.68. The second-order valence-electron chi connectivity index (χ2n) is 6.97. The Balaban J connectivity index is 1.81. The van der Waals surface area contributed by atoms with Crippen molar-refractivity contribution in [1.82, 2.24) is 10.6 Å². The van der Waals surface area contributed by atoms with Crippen LogP contribution < -0.4 is 10.6 Å². The molecule has 4 nitrogen and oxygen atoms in total. The smallest absolute Gasteiger partial charge is 0.191 e. The summed E-state index contributed by atoms with van der Waals surface area (Å²) in [6, 6.07) is 8.50. The molecule has 0 amide bonds. The van der Waals surface area contributed by atoms with E-state index in [-0.39, 0.29) is 5.60 Å². The molecule has 0 heterocycles. The Kier molecular flexibility index (Phi) is 5.83. The van der Waals surface area contributed by atoms with E-state index in [2.05, 4.69) is 60.7 Å². The fraction of sp³-hybridized carbons (Fsp3) is 0.611. The summed E-state index contributed by atoms with van der Waals surface area (Å²) in [7, 11) is 1.82. The summed E-state index contributed by atoms with van der Waals surface area (Å²) in [5.41, 5.74) is 2.34. The molecule has 0 spiro atoms. The second kappa shape index (κ2) is 7.63. The Labute approximate surface area is 134 Å². The molecule has 1 saturated carbocycles. The summed E-state index contributed by atoms with van der Waals surface area (Å²) >= 11 is 0. The number of rotatable bonds is 6. The van der Waals surface area contributed by atoms with Crippen molar-refractivity contribution in [2.24, 2.45) is 10.9 Å². The van der Waals surface area contributed by atoms with Crippen LogP contribution in [0.1, 0.15) is 44.7 Å². The molecule has 1 aliphatic carbocycles. The molecule has 2 N–H and O–H groups in total. The highest BCUT2D eigenvalue weighted by atomic mass is 16.5. The molecule has 4 heteroatoms. The van der Waals surface area contributed by atoms with Crippen LogP contribution in [-0.4, -0.2) is 25.2 Å². The Bertz CT molecular complexity index is 501. The lowest BCUT2D eigenvalue weighted by Crippen LogP contribution is -2.37. The quantitative estimate of drug-likeness (QED) is 0.627. The first-order valence-corrected chi connectivity index (χ1v) is 8.12. The average molecular weight is 303 g/mol. The maximum absolute atomic E-state index is 5.83.